The second-order valence-electron chi connectivity index (χ2n) is 8.97. The first-order chi connectivity index (χ1) is 15.5. The summed E-state index contributed by atoms with van der Waals surface area (Å²) in [5.41, 5.74) is -3.10. The Labute approximate surface area is 194 Å². The minimum atomic E-state index is -2.53. The molecule has 0 aliphatic carbocycles. The zero-order chi connectivity index (χ0) is 24.6. The van der Waals surface area contributed by atoms with Gasteiger partial charge in [0.1, 0.15) is 5.60 Å². The molecule has 1 heterocycles. The van der Waals surface area contributed by atoms with Crippen molar-refractivity contribution in [2.45, 2.75) is 77.0 Å². The maximum Gasteiger partial charge on any atom is 0.410 e. The lowest BCUT2D eigenvalue weighted by atomic mass is 9.90. The van der Waals surface area contributed by atoms with Gasteiger partial charge in [-0.15, -0.1) is 0 Å². The largest absolute Gasteiger partial charge is 0.478 e. The summed E-state index contributed by atoms with van der Waals surface area (Å²) in [6.07, 6.45) is 1.53. The molecule has 1 unspecified atom stereocenters. The van der Waals surface area contributed by atoms with Crippen LogP contribution in [0.25, 0.3) is 0 Å². The van der Waals surface area contributed by atoms with Gasteiger partial charge in [0.25, 0.3) is 0 Å². The molecule has 2 rings (SSSR count). The summed E-state index contributed by atoms with van der Waals surface area (Å²) in [5.74, 6) is -3.72. The number of piperidine rings is 1. The van der Waals surface area contributed by atoms with E-state index in [1.807, 2.05) is 0 Å². The number of carboxylic acid groups (broad SMARTS) is 1. The van der Waals surface area contributed by atoms with E-state index in [2.05, 4.69) is 0 Å². The van der Waals surface area contributed by atoms with Crippen molar-refractivity contribution in [3.8, 4) is 0 Å². The van der Waals surface area contributed by atoms with Crippen LogP contribution in [0, 0.1) is 0 Å². The van der Waals surface area contributed by atoms with Crippen molar-refractivity contribution < 1.29 is 38.5 Å². The predicted octanol–water partition coefficient (Wildman–Crippen LogP) is 3.80. The number of carbonyl (C=O) groups excluding carboxylic acids is 3. The van der Waals surface area contributed by atoms with Gasteiger partial charge in [-0.1, -0.05) is 18.2 Å². The lowest BCUT2D eigenvalue weighted by molar-refractivity contribution is -0.181. The number of nitrogens with zero attached hydrogens (tertiary/aromatic N) is 1. The van der Waals surface area contributed by atoms with Crippen LogP contribution in [-0.4, -0.2) is 64.4 Å². The van der Waals surface area contributed by atoms with E-state index in [9.17, 15) is 24.3 Å². The average Bonchev–Trinajstić information content (AvgIpc) is 2.76. The first-order valence-electron chi connectivity index (χ1n) is 11.2. The van der Waals surface area contributed by atoms with E-state index in [0.29, 0.717) is 13.0 Å². The topological polar surface area (TPSA) is 119 Å². The van der Waals surface area contributed by atoms with Crippen molar-refractivity contribution in [3.05, 3.63) is 35.9 Å². The number of hydrogen-bond acceptors (Lipinski definition) is 7. The van der Waals surface area contributed by atoms with Crippen LogP contribution in [0.1, 0.15) is 70.2 Å². The van der Waals surface area contributed by atoms with Crippen molar-refractivity contribution in [1.82, 2.24) is 4.90 Å². The third-order valence-electron chi connectivity index (χ3n) is 5.31. The van der Waals surface area contributed by atoms with Crippen LogP contribution in [0.15, 0.2) is 30.3 Å². The number of hydrogen-bond donors (Lipinski definition) is 1. The molecule has 9 nitrogen and oxygen atoms in total. The highest BCUT2D eigenvalue weighted by atomic mass is 16.6. The summed E-state index contributed by atoms with van der Waals surface area (Å²) in [6, 6.07) is 7.46. The number of aliphatic carboxylic acids is 1. The third-order valence-corrected chi connectivity index (χ3v) is 5.31. The van der Waals surface area contributed by atoms with E-state index in [1.165, 1.54) is 19.1 Å². The smallest absolute Gasteiger partial charge is 0.410 e. The molecular formula is C24H33NO8. The standard InChI is InChI=1S/C24H33NO8/c1-5-31-21(29)24(20(27)28,32-19(26)17-11-7-6-8-12-17)15-14-18-13-9-10-16-25(18)22(30)33-23(2,3)4/h6-8,11-12,18H,5,9-10,13-16H2,1-4H3,(H,27,28)/t18?,24-/m0/s1. The van der Waals surface area contributed by atoms with E-state index in [0.717, 1.165) is 12.8 Å². The van der Waals surface area contributed by atoms with Crippen LogP contribution in [0.2, 0.25) is 0 Å². The number of esters is 2. The Morgan fingerprint density at radius 3 is 2.30 bits per heavy atom. The molecule has 0 radical (unpaired) electrons. The van der Waals surface area contributed by atoms with Crippen molar-refractivity contribution in [3.63, 3.8) is 0 Å². The van der Waals surface area contributed by atoms with Crippen LogP contribution in [0.5, 0.6) is 0 Å². The van der Waals surface area contributed by atoms with Gasteiger partial charge >= 0.3 is 29.6 Å². The number of likely N-dealkylation sites (tertiary alicyclic amines) is 1. The molecule has 2 atom stereocenters. The Hall–Kier alpha value is -3.10. The van der Waals surface area contributed by atoms with Crippen molar-refractivity contribution in [2.24, 2.45) is 0 Å². The Kier molecular flexibility index (Phi) is 8.84. The number of amides is 1. The van der Waals surface area contributed by atoms with E-state index in [4.69, 9.17) is 14.2 Å². The van der Waals surface area contributed by atoms with Gasteiger partial charge in [-0.3, -0.25) is 0 Å². The lowest BCUT2D eigenvalue weighted by Gasteiger charge is -2.38. The number of carbonyl (C=O) groups is 4. The molecule has 0 aromatic heterocycles. The van der Waals surface area contributed by atoms with Gasteiger partial charge < -0.3 is 24.2 Å². The molecule has 9 heteroatoms. The molecule has 0 saturated carbocycles. The summed E-state index contributed by atoms with van der Waals surface area (Å²) >= 11 is 0. The molecule has 1 N–H and O–H groups in total. The number of ether oxygens (including phenoxy) is 3. The Bertz CT molecular complexity index is 848. The van der Waals surface area contributed by atoms with Gasteiger partial charge in [0.2, 0.25) is 0 Å². The summed E-state index contributed by atoms with van der Waals surface area (Å²) in [7, 11) is 0. The van der Waals surface area contributed by atoms with Gasteiger partial charge in [-0.05, 0) is 65.5 Å². The van der Waals surface area contributed by atoms with Crippen LogP contribution >= 0.6 is 0 Å². The molecular weight excluding hydrogens is 430 g/mol. The number of benzene rings is 1. The molecule has 1 aliphatic rings. The molecule has 1 aromatic rings. The SMILES string of the molecule is CCOC(=O)[C@@](CCC1CCCCN1C(=O)OC(C)(C)C)(OC(=O)c1ccccc1)C(=O)O. The molecule has 1 aromatic carbocycles. The summed E-state index contributed by atoms with van der Waals surface area (Å²) in [4.78, 5) is 52.0. The van der Waals surface area contributed by atoms with E-state index >= 15 is 0 Å². The number of carboxylic acids is 1. The Morgan fingerprint density at radius 1 is 1.06 bits per heavy atom. The first kappa shape index (κ1) is 26.2. The van der Waals surface area contributed by atoms with E-state index in [-0.39, 0.29) is 31.1 Å². The Morgan fingerprint density at radius 2 is 1.73 bits per heavy atom. The van der Waals surface area contributed by atoms with Crippen molar-refractivity contribution >= 4 is 24.0 Å². The third kappa shape index (κ3) is 6.94. The van der Waals surface area contributed by atoms with E-state index < -0.39 is 35.2 Å². The molecule has 33 heavy (non-hydrogen) atoms. The van der Waals surface area contributed by atoms with Crippen LogP contribution in [0.4, 0.5) is 4.79 Å². The lowest BCUT2D eigenvalue weighted by Crippen LogP contribution is -2.53. The monoisotopic (exact) mass is 463 g/mol. The maximum atomic E-state index is 12.8. The fraction of sp³-hybridized carbons (Fsp3) is 0.583. The molecule has 1 saturated heterocycles. The fourth-order valence-corrected chi connectivity index (χ4v) is 3.70. The predicted molar refractivity (Wildman–Crippen MR) is 119 cm³/mol. The number of rotatable bonds is 8. The highest BCUT2D eigenvalue weighted by Crippen LogP contribution is 2.29. The molecule has 1 amide bonds. The molecule has 1 fully saturated rings. The van der Waals surface area contributed by atoms with Gasteiger partial charge in [-0.25, -0.2) is 19.2 Å². The minimum absolute atomic E-state index is 0.0792. The first-order valence-corrected chi connectivity index (χ1v) is 11.2. The highest BCUT2D eigenvalue weighted by molar-refractivity contribution is 6.06. The molecule has 0 spiro atoms. The van der Waals surface area contributed by atoms with Gasteiger partial charge in [0.05, 0.1) is 12.2 Å². The second kappa shape index (κ2) is 11.2. The maximum absolute atomic E-state index is 12.8. The summed E-state index contributed by atoms with van der Waals surface area (Å²) in [6.45, 7) is 7.22. The minimum Gasteiger partial charge on any atom is -0.478 e. The average molecular weight is 464 g/mol. The van der Waals surface area contributed by atoms with Crippen molar-refractivity contribution in [1.29, 1.82) is 0 Å². The van der Waals surface area contributed by atoms with Gasteiger partial charge in [0, 0.05) is 19.0 Å². The van der Waals surface area contributed by atoms with E-state index in [1.54, 1.807) is 43.9 Å². The fourth-order valence-electron chi connectivity index (χ4n) is 3.70. The zero-order valence-electron chi connectivity index (χ0n) is 19.7. The van der Waals surface area contributed by atoms with Gasteiger partial charge in [-0.2, -0.15) is 0 Å². The molecule has 182 valence electrons. The van der Waals surface area contributed by atoms with Crippen LogP contribution in [-0.2, 0) is 23.8 Å². The van der Waals surface area contributed by atoms with Gasteiger partial charge in [0.15, 0.2) is 0 Å². The Balaban J connectivity index is 2.27. The normalized spacial score (nSPS) is 18.1. The molecule has 1 aliphatic heterocycles. The summed E-state index contributed by atoms with van der Waals surface area (Å²) < 4.78 is 15.8. The van der Waals surface area contributed by atoms with Crippen LogP contribution in [0.3, 0.4) is 0 Å². The van der Waals surface area contributed by atoms with Crippen molar-refractivity contribution in [2.75, 3.05) is 13.2 Å². The summed E-state index contributed by atoms with van der Waals surface area (Å²) in [5, 5.41) is 9.99. The second-order valence-corrected chi connectivity index (χ2v) is 8.97. The molecule has 0 bridgehead atoms. The zero-order valence-corrected chi connectivity index (χ0v) is 19.7. The van der Waals surface area contributed by atoms with Crippen LogP contribution < -0.4 is 0 Å². The quantitative estimate of drug-likeness (QED) is 0.351. The highest BCUT2D eigenvalue weighted by Gasteiger charge is 2.52.